The maximum Gasteiger partial charge on any atom is 0.256 e. The molecule has 3 aliphatic rings. The highest BCUT2D eigenvalue weighted by Crippen LogP contribution is 2.36. The van der Waals surface area contributed by atoms with Crippen molar-refractivity contribution in [2.45, 2.75) is 71.7 Å². The van der Waals surface area contributed by atoms with E-state index in [4.69, 9.17) is 19.0 Å². The zero-order valence-corrected chi connectivity index (χ0v) is 26.2. The molecule has 12 nitrogen and oxygen atoms in total. The molecule has 3 heterocycles. The van der Waals surface area contributed by atoms with Gasteiger partial charge < -0.3 is 44.4 Å². The second-order valence-corrected chi connectivity index (χ2v) is 11.7. The van der Waals surface area contributed by atoms with E-state index >= 15 is 0 Å². The van der Waals surface area contributed by atoms with Crippen LogP contribution in [0.3, 0.4) is 0 Å². The van der Waals surface area contributed by atoms with E-state index in [2.05, 4.69) is 10.1 Å². The van der Waals surface area contributed by atoms with E-state index in [9.17, 15) is 25.2 Å². The molecule has 12 heteroatoms. The van der Waals surface area contributed by atoms with E-state index in [1.807, 2.05) is 29.3 Å². The van der Waals surface area contributed by atoms with Crippen molar-refractivity contribution in [1.82, 2.24) is 4.90 Å². The molecule has 48 heavy (non-hydrogen) atoms. The number of carbonyl (C=O) groups is 1. The number of oxime groups is 1. The topological polar surface area (TPSA) is 163 Å². The van der Waals surface area contributed by atoms with Crippen molar-refractivity contribution in [1.29, 1.82) is 0 Å². The van der Waals surface area contributed by atoms with E-state index in [0.29, 0.717) is 89.1 Å². The number of carbonyl (C=O) groups excluding carboxylic acids is 1. The third-order valence-corrected chi connectivity index (χ3v) is 8.82. The summed E-state index contributed by atoms with van der Waals surface area (Å²) in [7, 11) is 1.56. The van der Waals surface area contributed by atoms with Gasteiger partial charge in [-0.05, 0) is 71.5 Å². The number of amides is 1. The van der Waals surface area contributed by atoms with Crippen LogP contribution < -0.4 is 14.2 Å². The predicted molar refractivity (Wildman–Crippen MR) is 179 cm³/mol. The van der Waals surface area contributed by atoms with Crippen LogP contribution in [-0.4, -0.2) is 76.1 Å². The molecule has 256 valence electrons. The lowest BCUT2D eigenvalue weighted by atomic mass is 9.93. The Morgan fingerprint density at radius 3 is 2.31 bits per heavy atom. The van der Waals surface area contributed by atoms with Crippen molar-refractivity contribution in [2.75, 3.05) is 26.9 Å². The first-order valence-corrected chi connectivity index (χ1v) is 15.7. The number of nitrogens with zero attached hydrogens (tertiary/aromatic N) is 3. The Morgan fingerprint density at radius 2 is 1.62 bits per heavy atom. The van der Waals surface area contributed by atoms with Gasteiger partial charge in [0, 0.05) is 42.8 Å². The highest BCUT2D eigenvalue weighted by molar-refractivity contribution is 6.03. The molecular formula is C36H43N3O9. The molecule has 1 amide bonds. The first-order valence-electron chi connectivity index (χ1n) is 15.7. The lowest BCUT2D eigenvalue weighted by molar-refractivity contribution is 0.0774. The summed E-state index contributed by atoms with van der Waals surface area (Å²) in [6, 6.07) is 12.5. The Balaban J connectivity index is 0.00000451. The fourth-order valence-corrected chi connectivity index (χ4v) is 6.28. The summed E-state index contributed by atoms with van der Waals surface area (Å²) in [5.41, 5.74) is 5.42. The molecule has 0 radical (unpaired) electrons. The van der Waals surface area contributed by atoms with E-state index in [1.165, 1.54) is 0 Å². The van der Waals surface area contributed by atoms with Crippen LogP contribution in [0.5, 0.6) is 17.2 Å². The Labute approximate surface area is 279 Å². The number of aliphatic hydroxyl groups is 4. The van der Waals surface area contributed by atoms with E-state index in [1.54, 1.807) is 31.4 Å². The van der Waals surface area contributed by atoms with Gasteiger partial charge in [0.05, 0.1) is 69.8 Å². The quantitative estimate of drug-likeness (QED) is 0.195. The van der Waals surface area contributed by atoms with Crippen molar-refractivity contribution >= 4 is 23.5 Å². The number of methoxy groups -OCH3 is 1. The van der Waals surface area contributed by atoms with Crippen LogP contribution in [0.15, 0.2) is 52.6 Å². The predicted octanol–water partition coefficient (Wildman–Crippen LogP) is 4.33. The molecule has 1 unspecified atom stereocenters. The second kappa shape index (κ2) is 15.6. The van der Waals surface area contributed by atoms with E-state index < -0.39 is 6.10 Å². The zero-order valence-electron chi connectivity index (χ0n) is 26.2. The number of aliphatic imine (C=N–C) groups is 1. The summed E-state index contributed by atoms with van der Waals surface area (Å²) in [6.45, 7) is 0.302. The Morgan fingerprint density at radius 1 is 0.896 bits per heavy atom. The monoisotopic (exact) mass is 661 g/mol. The van der Waals surface area contributed by atoms with Gasteiger partial charge in [-0.25, -0.2) is 0 Å². The number of rotatable bonds is 13. The minimum absolute atomic E-state index is 0. The fourth-order valence-electron chi connectivity index (χ4n) is 6.28. The lowest BCUT2D eigenvalue weighted by Crippen LogP contribution is -2.35. The summed E-state index contributed by atoms with van der Waals surface area (Å²) >= 11 is 0. The summed E-state index contributed by atoms with van der Waals surface area (Å²) in [6.07, 6.45) is 4.29. The van der Waals surface area contributed by atoms with Crippen LogP contribution in [-0.2, 0) is 31.3 Å². The van der Waals surface area contributed by atoms with Crippen molar-refractivity contribution in [3.8, 4) is 17.2 Å². The minimum atomic E-state index is -0.411. The van der Waals surface area contributed by atoms with Gasteiger partial charge in [0.2, 0.25) is 0 Å². The highest BCUT2D eigenvalue weighted by atomic mass is 16.6. The van der Waals surface area contributed by atoms with Crippen LogP contribution in [0.4, 0.5) is 5.69 Å². The molecule has 0 aliphatic carbocycles. The molecular weight excluding hydrogens is 618 g/mol. The summed E-state index contributed by atoms with van der Waals surface area (Å²) < 4.78 is 17.6. The number of benzene rings is 3. The standard InChI is InChI=1S/C35H39N3O9.CH4/c1-44-34-13-21(29-14-33(47-37-29)22-10-23(17-39)28(20-42)24(11-22)18-40)5-6-31(34)45-8-3-9-46-32-15-30-27(12-25(32)19-41)35(43)38-7-2-4-26(38)16-36-30;/h5-6,10-13,15-16,26,33,39-42H,2-4,7-9,14,17-20H2,1H3;1H4/t26-,33?;/m0./s1. The van der Waals surface area contributed by atoms with Gasteiger partial charge in [-0.2, -0.15) is 0 Å². The molecule has 0 aromatic heterocycles. The van der Waals surface area contributed by atoms with Crippen LogP contribution >= 0.6 is 0 Å². The van der Waals surface area contributed by atoms with Gasteiger partial charge in [0.15, 0.2) is 17.6 Å². The number of ether oxygens (including phenoxy) is 3. The number of hydrogen-bond acceptors (Lipinski definition) is 11. The van der Waals surface area contributed by atoms with Gasteiger partial charge in [-0.1, -0.05) is 12.6 Å². The second-order valence-electron chi connectivity index (χ2n) is 11.7. The van der Waals surface area contributed by atoms with Crippen molar-refractivity contribution in [2.24, 2.45) is 10.1 Å². The van der Waals surface area contributed by atoms with Crippen molar-refractivity contribution < 1.29 is 44.3 Å². The molecule has 1 saturated heterocycles. The average Bonchev–Trinajstić information content (AvgIpc) is 3.78. The molecule has 3 aromatic carbocycles. The molecule has 6 rings (SSSR count). The normalized spacial score (nSPS) is 18.0. The Hall–Kier alpha value is -4.49. The third-order valence-electron chi connectivity index (χ3n) is 8.82. The first kappa shape index (κ1) is 34.8. The van der Waals surface area contributed by atoms with Gasteiger partial charge in [-0.3, -0.25) is 9.79 Å². The number of hydrogen-bond donors (Lipinski definition) is 4. The SMILES string of the molecule is C.COc1cc(C2=NOC(c3cc(CO)c(CO)c(CO)c3)C2)ccc1OCCCOc1cc2c(cc1CO)C(=O)N1CCC[C@H]1C=N2. The van der Waals surface area contributed by atoms with Crippen LogP contribution in [0.25, 0.3) is 0 Å². The average molecular weight is 662 g/mol. The number of fused-ring (bicyclic) bond motifs is 2. The van der Waals surface area contributed by atoms with Gasteiger partial charge in [-0.15, -0.1) is 0 Å². The molecule has 1 fully saturated rings. The largest absolute Gasteiger partial charge is 0.493 e. The summed E-state index contributed by atoms with van der Waals surface area (Å²) in [5.74, 6) is 1.51. The van der Waals surface area contributed by atoms with Crippen LogP contribution in [0.1, 0.15) is 83.0 Å². The van der Waals surface area contributed by atoms with Gasteiger partial charge in [0.1, 0.15) is 5.75 Å². The number of aliphatic hydroxyl groups excluding tert-OH is 4. The van der Waals surface area contributed by atoms with Gasteiger partial charge >= 0.3 is 0 Å². The van der Waals surface area contributed by atoms with Crippen molar-refractivity contribution in [3.63, 3.8) is 0 Å². The highest BCUT2D eigenvalue weighted by Gasteiger charge is 2.32. The smallest absolute Gasteiger partial charge is 0.256 e. The molecule has 2 atom stereocenters. The van der Waals surface area contributed by atoms with E-state index in [0.717, 1.165) is 24.0 Å². The maximum absolute atomic E-state index is 13.1. The summed E-state index contributed by atoms with van der Waals surface area (Å²) in [5, 5.41) is 43.5. The van der Waals surface area contributed by atoms with Gasteiger partial charge in [0.25, 0.3) is 5.91 Å². The zero-order chi connectivity index (χ0) is 32.9. The van der Waals surface area contributed by atoms with Crippen LogP contribution in [0.2, 0.25) is 0 Å². The van der Waals surface area contributed by atoms with E-state index in [-0.39, 0.29) is 45.8 Å². The molecule has 3 aromatic rings. The Kier molecular flexibility index (Phi) is 11.3. The fraction of sp³-hybridized carbons (Fsp3) is 0.417. The third kappa shape index (κ3) is 7.02. The van der Waals surface area contributed by atoms with Crippen LogP contribution in [0, 0.1) is 0 Å². The maximum atomic E-state index is 13.1. The Bertz CT molecular complexity index is 1660. The molecule has 0 bridgehead atoms. The first-order chi connectivity index (χ1) is 23.0. The molecule has 0 saturated carbocycles. The lowest BCUT2D eigenvalue weighted by Gasteiger charge is -2.20. The minimum Gasteiger partial charge on any atom is -0.493 e. The molecule has 0 spiro atoms. The summed E-state index contributed by atoms with van der Waals surface area (Å²) in [4.78, 5) is 25.2. The molecule has 3 aliphatic heterocycles. The van der Waals surface area contributed by atoms with Crippen molar-refractivity contribution in [3.05, 3.63) is 81.4 Å². The molecule has 4 N–H and O–H groups in total.